The average Bonchev–Trinajstić information content (AvgIpc) is 3.41. The Hall–Kier alpha value is -1.99. The molecule has 0 spiro atoms. The van der Waals surface area contributed by atoms with E-state index in [9.17, 15) is 32.4 Å². The van der Waals surface area contributed by atoms with E-state index >= 15 is 0 Å². The van der Waals surface area contributed by atoms with Crippen LogP contribution in [0.25, 0.3) is 0 Å². The van der Waals surface area contributed by atoms with Crippen LogP contribution in [0.15, 0.2) is 0 Å². The van der Waals surface area contributed by atoms with Crippen LogP contribution >= 0.6 is 11.8 Å². The zero-order valence-corrected chi connectivity index (χ0v) is 21.0. The van der Waals surface area contributed by atoms with E-state index in [2.05, 4.69) is 10.6 Å². The van der Waals surface area contributed by atoms with Crippen LogP contribution in [0.3, 0.4) is 0 Å². The van der Waals surface area contributed by atoms with Gasteiger partial charge in [0, 0.05) is 36.7 Å². The lowest BCUT2D eigenvalue weighted by atomic mass is 10.0. The van der Waals surface area contributed by atoms with Gasteiger partial charge >= 0.3 is 12.0 Å². The van der Waals surface area contributed by atoms with E-state index in [1.54, 1.807) is 0 Å². The van der Waals surface area contributed by atoms with Crippen LogP contribution in [0.4, 0.5) is 4.79 Å². The number of carbonyl (C=O) groups is 5. The van der Waals surface area contributed by atoms with Crippen molar-refractivity contribution in [2.45, 2.75) is 99.3 Å². The molecule has 3 aliphatic rings. The van der Waals surface area contributed by atoms with Gasteiger partial charge in [-0.25, -0.2) is 4.79 Å². The van der Waals surface area contributed by atoms with E-state index in [0.717, 1.165) is 31.4 Å². The predicted octanol–water partition coefficient (Wildman–Crippen LogP) is 1.33. The number of hydrogen-bond donors (Lipinski definition) is 3. The molecule has 3 N–H and O–H groups in total. The van der Waals surface area contributed by atoms with Crippen molar-refractivity contribution >= 4 is 51.2 Å². The zero-order chi connectivity index (χ0) is 25.6. The van der Waals surface area contributed by atoms with E-state index in [0.29, 0.717) is 37.4 Å². The van der Waals surface area contributed by atoms with Gasteiger partial charge in [0.15, 0.2) is 11.0 Å². The highest BCUT2D eigenvalue weighted by Crippen LogP contribution is 2.33. The predicted molar refractivity (Wildman–Crippen MR) is 127 cm³/mol. The van der Waals surface area contributed by atoms with Crippen molar-refractivity contribution in [2.75, 3.05) is 5.75 Å². The number of nitrogens with one attached hydrogen (secondary N) is 2. The first-order valence-corrected chi connectivity index (χ1v) is 14.5. The second kappa shape index (κ2) is 12.3. The molecule has 2 heterocycles. The number of fused-ring (bicyclic) bond motifs is 1. The van der Waals surface area contributed by atoms with Gasteiger partial charge in [0.25, 0.3) is 10.1 Å². The Morgan fingerprint density at radius 3 is 2.29 bits per heavy atom. The van der Waals surface area contributed by atoms with Gasteiger partial charge in [0.1, 0.15) is 5.78 Å². The van der Waals surface area contributed by atoms with Gasteiger partial charge in [-0.05, 0) is 25.7 Å². The molecule has 196 valence electrons. The van der Waals surface area contributed by atoms with Crippen molar-refractivity contribution in [1.29, 1.82) is 0 Å². The van der Waals surface area contributed by atoms with Crippen LogP contribution in [0, 0.1) is 0 Å². The molecule has 0 aromatic rings. The summed E-state index contributed by atoms with van der Waals surface area (Å²) in [5.41, 5.74) is 0. The van der Waals surface area contributed by atoms with Gasteiger partial charge in [-0.2, -0.15) is 20.2 Å². The van der Waals surface area contributed by atoms with E-state index in [1.807, 2.05) is 11.8 Å². The molecule has 0 aromatic heterocycles. The topological polar surface area (TPSA) is 173 Å². The lowest BCUT2D eigenvalue weighted by Gasteiger charge is -2.16. The summed E-state index contributed by atoms with van der Waals surface area (Å²) in [4.78, 5) is 59.0. The number of rotatable bonds is 14. The molecular weight excluding hydrogens is 500 g/mol. The van der Waals surface area contributed by atoms with Gasteiger partial charge in [-0.3, -0.25) is 23.7 Å². The Kier molecular flexibility index (Phi) is 9.70. The molecule has 11 nitrogen and oxygen atoms in total. The number of amides is 2. The number of thioether (sulfide) groups is 1. The van der Waals surface area contributed by atoms with Crippen molar-refractivity contribution in [3.63, 3.8) is 0 Å². The minimum Gasteiger partial charge on any atom is -0.446 e. The molecule has 2 saturated heterocycles. The third kappa shape index (κ3) is 7.74. The van der Waals surface area contributed by atoms with Crippen molar-refractivity contribution in [2.24, 2.45) is 0 Å². The highest BCUT2D eigenvalue weighted by atomic mass is 32.2. The maximum Gasteiger partial charge on any atom is 0.315 e. The van der Waals surface area contributed by atoms with E-state index in [-0.39, 0.29) is 30.3 Å². The van der Waals surface area contributed by atoms with E-state index in [1.165, 1.54) is 0 Å². The van der Waals surface area contributed by atoms with Crippen LogP contribution in [-0.2, 0) is 34.0 Å². The molecule has 2 amide bonds. The Labute approximate surface area is 208 Å². The zero-order valence-electron chi connectivity index (χ0n) is 19.4. The molecule has 0 bridgehead atoms. The number of urea groups is 1. The first-order valence-electron chi connectivity index (χ1n) is 12.0. The third-order valence-electron chi connectivity index (χ3n) is 6.58. The maximum absolute atomic E-state index is 12.1. The van der Waals surface area contributed by atoms with Gasteiger partial charge in [0.05, 0.1) is 12.1 Å². The first kappa shape index (κ1) is 27.6. The molecular formula is C22H32N2O9S2. The molecule has 0 radical (unpaired) electrons. The van der Waals surface area contributed by atoms with Crippen molar-refractivity contribution in [3.8, 4) is 0 Å². The number of ketones is 3. The van der Waals surface area contributed by atoms with Crippen molar-refractivity contribution < 1.29 is 41.7 Å². The Balaban J connectivity index is 1.19. The number of unbranched alkanes of at least 4 members (excludes halogenated alkanes) is 4. The summed E-state index contributed by atoms with van der Waals surface area (Å²) in [5, 5.41) is 4.42. The maximum atomic E-state index is 12.1. The first-order chi connectivity index (χ1) is 16.6. The fourth-order valence-electron chi connectivity index (χ4n) is 4.66. The van der Waals surface area contributed by atoms with E-state index < -0.39 is 45.4 Å². The molecule has 13 heteroatoms. The monoisotopic (exact) mass is 532 g/mol. The number of Topliss-reactive ketones (excluding diaryl/α,β-unsaturated/α-hetero) is 3. The lowest BCUT2D eigenvalue weighted by Crippen LogP contribution is -2.36. The molecule has 35 heavy (non-hydrogen) atoms. The average molecular weight is 533 g/mol. The fraction of sp³-hybridized carbons (Fsp3) is 0.773. The summed E-state index contributed by atoms with van der Waals surface area (Å²) in [6.45, 7) is 0. The summed E-state index contributed by atoms with van der Waals surface area (Å²) >= 11 is 1.87. The van der Waals surface area contributed by atoms with E-state index in [4.69, 9.17) is 9.29 Å². The normalized spacial score (nSPS) is 28.0. The summed E-state index contributed by atoms with van der Waals surface area (Å²) in [6.07, 6.45) is 3.87. The second-order valence-electron chi connectivity index (χ2n) is 9.27. The quantitative estimate of drug-likeness (QED) is 0.0973. The van der Waals surface area contributed by atoms with Gasteiger partial charge < -0.3 is 15.4 Å². The highest BCUT2D eigenvalue weighted by Gasteiger charge is 2.49. The van der Waals surface area contributed by atoms with Crippen LogP contribution in [0.1, 0.15) is 70.6 Å². The molecule has 5 unspecified atom stereocenters. The van der Waals surface area contributed by atoms with Crippen LogP contribution in [0.5, 0.6) is 0 Å². The van der Waals surface area contributed by atoms with Crippen molar-refractivity contribution in [1.82, 2.24) is 10.6 Å². The van der Waals surface area contributed by atoms with Gasteiger partial charge in [-0.1, -0.05) is 19.3 Å². The van der Waals surface area contributed by atoms with Gasteiger partial charge in [-0.15, -0.1) is 0 Å². The molecule has 1 aliphatic carbocycles. The Morgan fingerprint density at radius 1 is 0.971 bits per heavy atom. The lowest BCUT2D eigenvalue weighted by molar-refractivity contribution is -0.157. The largest absolute Gasteiger partial charge is 0.446 e. The number of ether oxygens (including phenoxy) is 1. The Bertz CT molecular complexity index is 953. The van der Waals surface area contributed by atoms with Crippen LogP contribution in [-0.4, -0.2) is 76.8 Å². The second-order valence-corrected chi connectivity index (χ2v) is 12.1. The minimum absolute atomic E-state index is 0.0292. The minimum atomic E-state index is -4.71. The molecule has 3 fully saturated rings. The highest BCUT2D eigenvalue weighted by molar-refractivity contribution is 8.00. The number of hydrogen-bond acceptors (Lipinski definition) is 9. The molecule has 5 atom stereocenters. The standard InChI is InChI=1S/C22H32N2O9S2/c25-13(8-5-6-9-16-19-14(12-34-16)23-22(29)24-19)7-3-1-2-4-10-18(27)33-21-15(26)11-17(20(21)28)35(30,31)32/h14,16-17,19,21H,1-12H2,(H2,23,24,29)(H,30,31,32). The SMILES string of the molecule is O=C(CCCCCCC(=O)OC1C(=O)CC(S(=O)(=O)O)C1=O)CCCCC1SCC2NC(=O)NC21. The summed E-state index contributed by atoms with van der Waals surface area (Å²) < 4.78 is 36.1. The van der Waals surface area contributed by atoms with Crippen LogP contribution in [0.2, 0.25) is 0 Å². The van der Waals surface area contributed by atoms with Crippen LogP contribution < -0.4 is 10.6 Å². The smallest absolute Gasteiger partial charge is 0.315 e. The third-order valence-corrected chi connectivity index (χ3v) is 9.21. The van der Waals surface area contributed by atoms with Crippen molar-refractivity contribution in [3.05, 3.63) is 0 Å². The number of esters is 1. The summed E-state index contributed by atoms with van der Waals surface area (Å²) in [6, 6.07) is 0.310. The summed E-state index contributed by atoms with van der Waals surface area (Å²) in [5.74, 6) is -1.58. The molecule has 1 saturated carbocycles. The summed E-state index contributed by atoms with van der Waals surface area (Å²) in [7, 11) is -4.71. The molecule has 2 aliphatic heterocycles. The fourth-order valence-corrected chi connectivity index (χ4v) is 7.00. The Morgan fingerprint density at radius 2 is 1.63 bits per heavy atom. The number of carbonyl (C=O) groups excluding carboxylic acids is 5. The van der Waals surface area contributed by atoms with Gasteiger partial charge in [0.2, 0.25) is 11.9 Å². The molecule has 0 aromatic carbocycles. The molecule has 3 rings (SSSR count).